The summed E-state index contributed by atoms with van der Waals surface area (Å²) in [5.74, 6) is -2.15. The SMILES string of the molecule is CCOc1ccc(NC(=O)[C@H]2[C@H]3C(=O)N([C@H](C)CO)C(C(=O)NCn4nnc5ccccc54)C34CC[C@]2(C)O4)cc1. The molecule has 216 valence electrons. The number of aliphatic hydroxyl groups excluding tert-OH is 1. The number of fused-ring (bicyclic) bond motifs is 2. The van der Waals surface area contributed by atoms with Crippen molar-refractivity contribution in [3.05, 3.63) is 48.5 Å². The number of carbonyl (C=O) groups is 3. The summed E-state index contributed by atoms with van der Waals surface area (Å²) in [4.78, 5) is 43.1. The number of nitrogens with one attached hydrogen (secondary N) is 2. The summed E-state index contributed by atoms with van der Waals surface area (Å²) in [5, 5.41) is 24.2. The van der Waals surface area contributed by atoms with Crippen molar-refractivity contribution >= 4 is 34.4 Å². The van der Waals surface area contributed by atoms with Crippen LogP contribution in [0.15, 0.2) is 48.5 Å². The lowest BCUT2D eigenvalue weighted by atomic mass is 9.66. The van der Waals surface area contributed by atoms with Gasteiger partial charge in [-0.15, -0.1) is 5.10 Å². The predicted molar refractivity (Wildman–Crippen MR) is 148 cm³/mol. The van der Waals surface area contributed by atoms with Crippen LogP contribution in [-0.4, -0.2) is 79.2 Å². The van der Waals surface area contributed by atoms with E-state index in [9.17, 15) is 19.5 Å². The van der Waals surface area contributed by atoms with Crippen LogP contribution in [0.2, 0.25) is 0 Å². The van der Waals surface area contributed by atoms with Crippen LogP contribution < -0.4 is 15.4 Å². The van der Waals surface area contributed by atoms with Gasteiger partial charge < -0.3 is 30.1 Å². The quantitative estimate of drug-likeness (QED) is 0.357. The van der Waals surface area contributed by atoms with Crippen LogP contribution in [0.3, 0.4) is 0 Å². The molecule has 12 heteroatoms. The molecule has 3 aliphatic rings. The van der Waals surface area contributed by atoms with E-state index in [4.69, 9.17) is 9.47 Å². The van der Waals surface area contributed by atoms with E-state index in [0.29, 0.717) is 36.4 Å². The molecule has 2 aromatic carbocycles. The number of amides is 3. The Morgan fingerprint density at radius 2 is 1.93 bits per heavy atom. The van der Waals surface area contributed by atoms with Crippen molar-refractivity contribution in [3.63, 3.8) is 0 Å². The highest BCUT2D eigenvalue weighted by Gasteiger charge is 2.78. The van der Waals surface area contributed by atoms with Crippen LogP contribution in [0.4, 0.5) is 5.69 Å². The standard InChI is InChI=1S/C29H34N6O6/c1-4-40-19-11-9-18(10-12-19)31-25(37)22-23-27(39)35(17(2)15-36)24(29(23)14-13-28(22,3)41-29)26(38)30-16-34-21-8-6-5-7-20(21)32-33-34/h5-12,17,22-24,36H,4,13-16H2,1-3H3,(H,30,38)(H,31,37)/t17-,22-,23+,24?,28+,29?/m1/s1. The third-order valence-corrected chi connectivity index (χ3v) is 8.74. The maximum atomic E-state index is 14.1. The van der Waals surface area contributed by atoms with Gasteiger partial charge in [-0.1, -0.05) is 17.3 Å². The summed E-state index contributed by atoms with van der Waals surface area (Å²) < 4.78 is 13.7. The Labute approximate surface area is 237 Å². The highest BCUT2D eigenvalue weighted by molar-refractivity contribution is 6.02. The van der Waals surface area contributed by atoms with Gasteiger partial charge in [0.25, 0.3) is 0 Å². The van der Waals surface area contributed by atoms with Crippen molar-refractivity contribution < 1.29 is 29.0 Å². The smallest absolute Gasteiger partial charge is 0.247 e. The molecule has 0 saturated carbocycles. The Morgan fingerprint density at radius 1 is 1.17 bits per heavy atom. The summed E-state index contributed by atoms with van der Waals surface area (Å²) in [6.07, 6.45) is 0.947. The van der Waals surface area contributed by atoms with Crippen molar-refractivity contribution in [2.75, 3.05) is 18.5 Å². The number of hydrogen-bond donors (Lipinski definition) is 3. The van der Waals surface area contributed by atoms with Crippen molar-refractivity contribution in [1.29, 1.82) is 0 Å². The molecule has 1 spiro atoms. The van der Waals surface area contributed by atoms with E-state index in [1.807, 2.05) is 38.1 Å². The lowest BCUT2D eigenvalue weighted by Gasteiger charge is -2.35. The lowest BCUT2D eigenvalue weighted by molar-refractivity contribution is -0.148. The summed E-state index contributed by atoms with van der Waals surface area (Å²) in [7, 11) is 0. The maximum absolute atomic E-state index is 14.1. The van der Waals surface area contributed by atoms with Gasteiger partial charge in [-0.25, -0.2) is 4.68 Å². The molecule has 3 amide bonds. The average Bonchev–Trinajstić information content (AvgIpc) is 3.68. The van der Waals surface area contributed by atoms with Crippen molar-refractivity contribution in [3.8, 4) is 5.75 Å². The van der Waals surface area contributed by atoms with Crippen LogP contribution in [-0.2, 0) is 25.8 Å². The Bertz CT molecular complexity index is 1490. The van der Waals surface area contributed by atoms with Crippen molar-refractivity contribution in [2.24, 2.45) is 11.8 Å². The minimum absolute atomic E-state index is 0.0328. The van der Waals surface area contributed by atoms with Crippen LogP contribution >= 0.6 is 0 Å². The second-order valence-corrected chi connectivity index (χ2v) is 11.2. The third-order valence-electron chi connectivity index (χ3n) is 8.74. The maximum Gasteiger partial charge on any atom is 0.247 e. The fraction of sp³-hybridized carbons (Fsp3) is 0.483. The van der Waals surface area contributed by atoms with Gasteiger partial charge in [0.05, 0.1) is 42.2 Å². The van der Waals surface area contributed by atoms with Gasteiger partial charge in [0, 0.05) is 5.69 Å². The first-order chi connectivity index (χ1) is 19.7. The number of anilines is 1. The third kappa shape index (κ3) is 4.24. The monoisotopic (exact) mass is 562 g/mol. The first-order valence-electron chi connectivity index (χ1n) is 14.0. The van der Waals surface area contributed by atoms with Crippen molar-refractivity contribution in [2.45, 2.75) is 63.6 Å². The molecule has 6 rings (SSSR count). The minimum Gasteiger partial charge on any atom is -0.494 e. The van der Waals surface area contributed by atoms with Gasteiger partial charge >= 0.3 is 0 Å². The zero-order valence-corrected chi connectivity index (χ0v) is 23.2. The highest BCUT2D eigenvalue weighted by atomic mass is 16.5. The van der Waals surface area contributed by atoms with Gasteiger partial charge in [-0.3, -0.25) is 14.4 Å². The van der Waals surface area contributed by atoms with E-state index >= 15 is 0 Å². The van der Waals surface area contributed by atoms with E-state index in [1.54, 1.807) is 35.9 Å². The number of nitrogens with zero attached hydrogens (tertiary/aromatic N) is 4. The number of para-hydroxylation sites is 1. The molecule has 2 bridgehead atoms. The van der Waals surface area contributed by atoms with E-state index in [-0.39, 0.29) is 25.1 Å². The molecule has 2 unspecified atom stereocenters. The average molecular weight is 563 g/mol. The zero-order chi connectivity index (χ0) is 28.9. The normalized spacial score (nSPS) is 29.0. The highest BCUT2D eigenvalue weighted by Crippen LogP contribution is 2.63. The second kappa shape index (κ2) is 10.1. The van der Waals surface area contributed by atoms with Gasteiger partial charge in [-0.05, 0) is 70.0 Å². The zero-order valence-electron chi connectivity index (χ0n) is 23.2. The fourth-order valence-corrected chi connectivity index (χ4v) is 6.93. The number of aromatic nitrogens is 3. The van der Waals surface area contributed by atoms with Gasteiger partial charge in [0.2, 0.25) is 17.7 Å². The number of ether oxygens (including phenoxy) is 2. The van der Waals surface area contributed by atoms with E-state index in [0.717, 1.165) is 5.52 Å². The Hall–Kier alpha value is -4.03. The minimum atomic E-state index is -1.20. The number of benzene rings is 2. The van der Waals surface area contributed by atoms with E-state index < -0.39 is 41.0 Å². The van der Waals surface area contributed by atoms with Gasteiger partial charge in [-0.2, -0.15) is 0 Å². The van der Waals surface area contributed by atoms with Crippen LogP contribution in [0, 0.1) is 11.8 Å². The van der Waals surface area contributed by atoms with Gasteiger partial charge in [0.1, 0.15) is 29.6 Å². The van der Waals surface area contributed by atoms with E-state index in [2.05, 4.69) is 20.9 Å². The van der Waals surface area contributed by atoms with E-state index in [1.165, 1.54) is 4.90 Å². The lowest BCUT2D eigenvalue weighted by Crippen LogP contribution is -2.57. The number of likely N-dealkylation sites (tertiary alicyclic amines) is 1. The van der Waals surface area contributed by atoms with Gasteiger partial charge in [0.15, 0.2) is 0 Å². The molecule has 0 aliphatic carbocycles. The Morgan fingerprint density at radius 3 is 2.66 bits per heavy atom. The fourth-order valence-electron chi connectivity index (χ4n) is 6.93. The molecule has 0 radical (unpaired) electrons. The molecule has 4 heterocycles. The predicted octanol–water partition coefficient (Wildman–Crippen LogP) is 1.69. The number of rotatable bonds is 9. The molecule has 1 aromatic heterocycles. The largest absolute Gasteiger partial charge is 0.494 e. The summed E-state index contributed by atoms with van der Waals surface area (Å²) in [6, 6.07) is 12.7. The van der Waals surface area contributed by atoms with Crippen LogP contribution in [0.25, 0.3) is 11.0 Å². The molecule has 3 N–H and O–H groups in total. The summed E-state index contributed by atoms with van der Waals surface area (Å²) in [5.41, 5.74) is -0.114. The molecular weight excluding hydrogens is 528 g/mol. The first-order valence-corrected chi connectivity index (χ1v) is 14.0. The molecule has 3 aliphatic heterocycles. The molecule has 6 atom stereocenters. The number of aliphatic hydroxyl groups is 1. The first kappa shape index (κ1) is 27.2. The Balaban J connectivity index is 1.28. The second-order valence-electron chi connectivity index (χ2n) is 11.2. The summed E-state index contributed by atoms with van der Waals surface area (Å²) in [6.45, 7) is 5.64. The van der Waals surface area contributed by atoms with Crippen molar-refractivity contribution in [1.82, 2.24) is 25.2 Å². The molecule has 3 aromatic rings. The molecule has 3 fully saturated rings. The Kier molecular flexibility index (Phi) is 6.69. The number of hydrogen-bond acceptors (Lipinski definition) is 8. The summed E-state index contributed by atoms with van der Waals surface area (Å²) >= 11 is 0. The molecule has 41 heavy (non-hydrogen) atoms. The topological polar surface area (TPSA) is 148 Å². The number of carbonyl (C=O) groups excluding carboxylic acids is 3. The molecular formula is C29H34N6O6. The van der Waals surface area contributed by atoms with Crippen LogP contribution in [0.1, 0.15) is 33.6 Å². The molecule has 12 nitrogen and oxygen atoms in total. The van der Waals surface area contributed by atoms with Crippen LogP contribution in [0.5, 0.6) is 5.75 Å². The molecule has 3 saturated heterocycles.